The molecule has 0 saturated carbocycles. The van der Waals surface area contributed by atoms with E-state index in [4.69, 9.17) is 0 Å². The molecule has 0 radical (unpaired) electrons. The fourth-order valence-corrected chi connectivity index (χ4v) is 2.00. The summed E-state index contributed by atoms with van der Waals surface area (Å²) >= 11 is 0. The van der Waals surface area contributed by atoms with Crippen molar-refractivity contribution in [2.45, 2.75) is 12.8 Å². The minimum absolute atomic E-state index is 0.0544. The molecule has 1 aromatic rings. The van der Waals surface area contributed by atoms with E-state index in [1.807, 2.05) is 4.90 Å². The van der Waals surface area contributed by atoms with E-state index in [9.17, 15) is 10.1 Å². The van der Waals surface area contributed by atoms with Gasteiger partial charge in [0.1, 0.15) is 6.33 Å². The number of nitrogens with zero attached hydrogens (tertiary/aromatic N) is 4. The summed E-state index contributed by atoms with van der Waals surface area (Å²) < 4.78 is 0. The molecule has 7 heteroatoms. The molecule has 2 rings (SSSR count). The van der Waals surface area contributed by atoms with E-state index < -0.39 is 4.92 Å². The second-order valence-corrected chi connectivity index (χ2v) is 4.02. The predicted octanol–water partition coefficient (Wildman–Crippen LogP) is 1.58. The maximum absolute atomic E-state index is 11.2. The third-order valence-electron chi connectivity index (χ3n) is 2.80. The van der Waals surface area contributed by atoms with Crippen molar-refractivity contribution in [1.82, 2.24) is 9.97 Å². The molecule has 18 heavy (non-hydrogen) atoms. The van der Waals surface area contributed by atoms with Gasteiger partial charge in [0.15, 0.2) is 0 Å². The average molecular weight is 249 g/mol. The summed E-state index contributed by atoms with van der Waals surface area (Å²) in [6.07, 6.45) is 5.06. The molecular weight excluding hydrogens is 234 g/mol. The summed E-state index contributed by atoms with van der Waals surface area (Å²) in [5, 5.41) is 14.1. The van der Waals surface area contributed by atoms with Crippen LogP contribution in [0.1, 0.15) is 12.8 Å². The van der Waals surface area contributed by atoms with Gasteiger partial charge in [-0.3, -0.25) is 10.1 Å². The van der Waals surface area contributed by atoms with Gasteiger partial charge >= 0.3 is 5.69 Å². The Morgan fingerprint density at radius 1 is 1.50 bits per heavy atom. The molecule has 7 nitrogen and oxygen atoms in total. The lowest BCUT2D eigenvalue weighted by Gasteiger charge is -2.16. The molecule has 1 saturated heterocycles. The van der Waals surface area contributed by atoms with Crippen LogP contribution in [0.15, 0.2) is 19.0 Å². The van der Waals surface area contributed by atoms with E-state index in [1.165, 1.54) is 6.33 Å². The van der Waals surface area contributed by atoms with E-state index in [-0.39, 0.29) is 11.5 Å². The molecule has 0 bridgehead atoms. The zero-order valence-electron chi connectivity index (χ0n) is 10.0. The maximum Gasteiger partial charge on any atom is 0.353 e. The SMILES string of the molecule is C=CCNc1ncnc(N2CCCC2)c1[N+](=O)[O-]. The zero-order chi connectivity index (χ0) is 13.0. The summed E-state index contributed by atoms with van der Waals surface area (Å²) in [4.78, 5) is 20.7. The molecule has 0 atom stereocenters. The molecule has 1 aromatic heterocycles. The van der Waals surface area contributed by atoms with Gasteiger partial charge < -0.3 is 10.2 Å². The Balaban J connectivity index is 2.38. The largest absolute Gasteiger partial charge is 0.361 e. The van der Waals surface area contributed by atoms with Gasteiger partial charge in [-0.2, -0.15) is 0 Å². The summed E-state index contributed by atoms with van der Waals surface area (Å²) in [5.74, 6) is 0.649. The Morgan fingerprint density at radius 2 is 2.22 bits per heavy atom. The lowest BCUT2D eigenvalue weighted by Crippen LogP contribution is -2.21. The molecule has 1 fully saturated rings. The molecule has 0 aliphatic carbocycles. The van der Waals surface area contributed by atoms with Gasteiger partial charge in [0.05, 0.1) is 4.92 Å². The Kier molecular flexibility index (Phi) is 3.71. The van der Waals surface area contributed by atoms with Crippen LogP contribution in [0.4, 0.5) is 17.3 Å². The number of anilines is 2. The topological polar surface area (TPSA) is 84.2 Å². The van der Waals surface area contributed by atoms with Crippen molar-refractivity contribution in [2.24, 2.45) is 0 Å². The van der Waals surface area contributed by atoms with Crippen molar-refractivity contribution < 1.29 is 4.92 Å². The third kappa shape index (κ3) is 2.39. The first kappa shape index (κ1) is 12.3. The second kappa shape index (κ2) is 5.44. The average Bonchev–Trinajstić information content (AvgIpc) is 2.89. The normalized spacial score (nSPS) is 14.6. The van der Waals surface area contributed by atoms with Crippen molar-refractivity contribution in [1.29, 1.82) is 0 Å². The number of hydrogen-bond acceptors (Lipinski definition) is 6. The van der Waals surface area contributed by atoms with Crippen LogP contribution in [0.25, 0.3) is 0 Å². The van der Waals surface area contributed by atoms with Crippen molar-refractivity contribution in [3.05, 3.63) is 29.1 Å². The number of nitro groups is 1. The Morgan fingerprint density at radius 3 is 2.83 bits per heavy atom. The monoisotopic (exact) mass is 249 g/mol. The molecule has 2 heterocycles. The summed E-state index contributed by atoms with van der Waals surface area (Å²) in [5.41, 5.74) is -0.0544. The molecule has 0 unspecified atom stereocenters. The van der Waals surface area contributed by atoms with E-state index in [0.717, 1.165) is 25.9 Å². The number of aromatic nitrogens is 2. The first-order chi connectivity index (χ1) is 8.74. The van der Waals surface area contributed by atoms with Gasteiger partial charge in [-0.05, 0) is 12.8 Å². The van der Waals surface area contributed by atoms with Crippen LogP contribution >= 0.6 is 0 Å². The van der Waals surface area contributed by atoms with Crippen molar-refractivity contribution >= 4 is 17.3 Å². The molecule has 0 amide bonds. The number of hydrogen-bond donors (Lipinski definition) is 1. The molecule has 0 spiro atoms. The van der Waals surface area contributed by atoms with E-state index in [0.29, 0.717) is 12.4 Å². The predicted molar refractivity (Wildman–Crippen MR) is 68.8 cm³/mol. The fourth-order valence-electron chi connectivity index (χ4n) is 2.00. The van der Waals surface area contributed by atoms with E-state index >= 15 is 0 Å². The highest BCUT2D eigenvalue weighted by Gasteiger charge is 2.28. The molecule has 0 aromatic carbocycles. The Hall–Kier alpha value is -2.18. The van der Waals surface area contributed by atoms with Crippen LogP contribution in [0.2, 0.25) is 0 Å². The van der Waals surface area contributed by atoms with Gasteiger partial charge in [0.2, 0.25) is 11.6 Å². The summed E-state index contributed by atoms with van der Waals surface area (Å²) in [6, 6.07) is 0. The molecule has 1 N–H and O–H groups in total. The first-order valence-electron chi connectivity index (χ1n) is 5.83. The second-order valence-electron chi connectivity index (χ2n) is 4.02. The van der Waals surface area contributed by atoms with Crippen molar-refractivity contribution in [3.8, 4) is 0 Å². The maximum atomic E-state index is 11.2. The highest BCUT2D eigenvalue weighted by molar-refractivity contribution is 5.70. The minimum atomic E-state index is -0.431. The van der Waals surface area contributed by atoms with Crippen LogP contribution in [-0.4, -0.2) is 34.5 Å². The van der Waals surface area contributed by atoms with Gasteiger partial charge in [0.25, 0.3) is 0 Å². The van der Waals surface area contributed by atoms with Crippen LogP contribution in [0, 0.1) is 10.1 Å². The third-order valence-corrected chi connectivity index (χ3v) is 2.80. The Bertz CT molecular complexity index is 457. The Labute approximate surface area is 105 Å². The van der Waals surface area contributed by atoms with Gasteiger partial charge in [0, 0.05) is 19.6 Å². The number of nitrogens with one attached hydrogen (secondary N) is 1. The fraction of sp³-hybridized carbons (Fsp3) is 0.455. The molecule has 96 valence electrons. The van der Waals surface area contributed by atoms with Gasteiger partial charge in [-0.25, -0.2) is 9.97 Å². The lowest BCUT2D eigenvalue weighted by molar-refractivity contribution is -0.383. The quantitative estimate of drug-likeness (QED) is 0.484. The van der Waals surface area contributed by atoms with Crippen LogP contribution in [0.5, 0.6) is 0 Å². The molecule has 1 aliphatic rings. The molecule has 1 aliphatic heterocycles. The van der Waals surface area contributed by atoms with Crippen LogP contribution < -0.4 is 10.2 Å². The minimum Gasteiger partial charge on any atom is -0.361 e. The van der Waals surface area contributed by atoms with Gasteiger partial charge in [-0.15, -0.1) is 6.58 Å². The lowest BCUT2D eigenvalue weighted by atomic mass is 10.4. The molecular formula is C11H15N5O2. The van der Waals surface area contributed by atoms with Crippen LogP contribution in [-0.2, 0) is 0 Å². The smallest absolute Gasteiger partial charge is 0.353 e. The first-order valence-corrected chi connectivity index (χ1v) is 5.83. The van der Waals surface area contributed by atoms with Crippen molar-refractivity contribution in [2.75, 3.05) is 29.9 Å². The number of rotatable bonds is 5. The van der Waals surface area contributed by atoms with Gasteiger partial charge in [-0.1, -0.05) is 6.08 Å². The van der Waals surface area contributed by atoms with E-state index in [1.54, 1.807) is 6.08 Å². The highest BCUT2D eigenvalue weighted by atomic mass is 16.6. The summed E-state index contributed by atoms with van der Waals surface area (Å²) in [7, 11) is 0. The highest BCUT2D eigenvalue weighted by Crippen LogP contribution is 2.33. The zero-order valence-corrected chi connectivity index (χ0v) is 10.0. The standard InChI is InChI=1S/C11H15N5O2/c1-2-5-12-10-9(16(17)18)11(14-8-13-10)15-6-3-4-7-15/h2,8H,1,3-7H2,(H,12,13,14). The van der Waals surface area contributed by atoms with E-state index in [2.05, 4.69) is 21.9 Å². The van der Waals surface area contributed by atoms with Crippen molar-refractivity contribution in [3.63, 3.8) is 0 Å². The summed E-state index contributed by atoms with van der Waals surface area (Å²) in [6.45, 7) is 5.60. The van der Waals surface area contributed by atoms with Crippen LogP contribution in [0.3, 0.4) is 0 Å².